The molecule has 2 atom stereocenters. The van der Waals surface area contributed by atoms with Crippen LogP contribution in [0.15, 0.2) is 84.9 Å². The van der Waals surface area contributed by atoms with Crippen molar-refractivity contribution in [1.82, 2.24) is 0 Å². The third kappa shape index (κ3) is 7.87. The lowest BCUT2D eigenvalue weighted by atomic mass is 9.80. The first-order chi connectivity index (χ1) is 27.9. The summed E-state index contributed by atoms with van der Waals surface area (Å²) in [6.45, 7) is 3.06. The van der Waals surface area contributed by atoms with Crippen LogP contribution in [0.2, 0.25) is 0 Å². The number of aliphatic hydroxyl groups is 2. The third-order valence-electron chi connectivity index (χ3n) is 10.9. The van der Waals surface area contributed by atoms with Gasteiger partial charge in [0.1, 0.15) is 29.9 Å². The fourth-order valence-corrected chi connectivity index (χ4v) is 8.13. The summed E-state index contributed by atoms with van der Waals surface area (Å²) in [7, 11) is 3.23. The Labute approximate surface area is 332 Å². The van der Waals surface area contributed by atoms with Crippen molar-refractivity contribution in [3.63, 3.8) is 0 Å². The van der Waals surface area contributed by atoms with Gasteiger partial charge in [0, 0.05) is 35.1 Å². The van der Waals surface area contributed by atoms with Crippen molar-refractivity contribution in [3.8, 4) is 28.4 Å². The molecule has 1 aliphatic carbocycles. The van der Waals surface area contributed by atoms with Crippen LogP contribution >= 0.6 is 0 Å². The number of aliphatic hydroxyl groups excluding tert-OH is 2. The first kappa shape index (κ1) is 40.0. The van der Waals surface area contributed by atoms with Crippen LogP contribution in [0.1, 0.15) is 78.5 Å². The van der Waals surface area contributed by atoms with Crippen LogP contribution in [0.3, 0.4) is 0 Å². The number of unbranched alkanes of at least 4 members (excludes halogenated alkanes) is 2. The summed E-state index contributed by atoms with van der Waals surface area (Å²) in [5, 5.41) is 20.5. The zero-order chi connectivity index (χ0) is 39.9. The Hall–Kier alpha value is -5.26. The average molecular weight is 777 g/mol. The lowest BCUT2D eigenvalue weighted by Gasteiger charge is -2.36. The Morgan fingerprint density at radius 1 is 0.842 bits per heavy atom. The molecule has 2 N–H and O–H groups in total. The number of fused-ring (bicyclic) bond motifs is 8. The molecule has 9 nitrogen and oxygen atoms in total. The highest BCUT2D eigenvalue weighted by Crippen LogP contribution is 2.60. The number of hydrogen-bond acceptors (Lipinski definition) is 9. The van der Waals surface area contributed by atoms with Gasteiger partial charge in [0.15, 0.2) is 11.5 Å². The molecule has 7 rings (SSSR count). The van der Waals surface area contributed by atoms with E-state index in [2.05, 4.69) is 25.1 Å². The smallest absolute Gasteiger partial charge is 0.305 e. The lowest BCUT2D eigenvalue weighted by molar-refractivity contribution is -0.145. The molecule has 57 heavy (non-hydrogen) atoms. The fourth-order valence-electron chi connectivity index (χ4n) is 8.13. The van der Waals surface area contributed by atoms with E-state index in [0.29, 0.717) is 42.9 Å². The van der Waals surface area contributed by atoms with Crippen molar-refractivity contribution < 1.29 is 47.8 Å². The van der Waals surface area contributed by atoms with Crippen LogP contribution in [0, 0.1) is 5.82 Å². The molecule has 0 saturated heterocycles. The summed E-state index contributed by atoms with van der Waals surface area (Å²) in [6.07, 6.45) is 4.61. The molecule has 1 aliphatic heterocycles. The largest absolute Gasteiger partial charge is 0.493 e. The summed E-state index contributed by atoms with van der Waals surface area (Å²) in [5.74, 6) is 1.15. The summed E-state index contributed by atoms with van der Waals surface area (Å²) in [6, 6.07) is 26.3. The summed E-state index contributed by atoms with van der Waals surface area (Å²) < 4.78 is 51.4. The minimum Gasteiger partial charge on any atom is -0.493 e. The number of hydrogen-bond donors (Lipinski definition) is 2. The van der Waals surface area contributed by atoms with Crippen LogP contribution in [0.4, 0.5) is 4.39 Å². The Kier molecular flexibility index (Phi) is 12.5. The summed E-state index contributed by atoms with van der Waals surface area (Å²) in [4.78, 5) is 12.1. The number of esters is 1. The van der Waals surface area contributed by atoms with Crippen molar-refractivity contribution in [2.75, 3.05) is 47.3 Å². The van der Waals surface area contributed by atoms with E-state index in [1.807, 2.05) is 48.5 Å². The predicted octanol–water partition coefficient (Wildman–Crippen LogP) is 8.93. The fraction of sp³-hybridized carbons (Fsp3) is 0.340. The van der Waals surface area contributed by atoms with E-state index >= 15 is 0 Å². The Balaban J connectivity index is 1.33. The molecular weight excluding hydrogens is 728 g/mol. The highest BCUT2D eigenvalue weighted by Gasteiger charge is 2.47. The molecule has 0 amide bonds. The predicted molar refractivity (Wildman–Crippen MR) is 217 cm³/mol. The van der Waals surface area contributed by atoms with E-state index in [4.69, 9.17) is 33.5 Å². The van der Waals surface area contributed by atoms with Crippen molar-refractivity contribution in [1.29, 1.82) is 0 Å². The van der Waals surface area contributed by atoms with E-state index in [9.17, 15) is 14.3 Å². The normalized spacial score (nSPS) is 16.7. The number of carbonyl (C=O) groups excluding carboxylic acids is 1. The second kappa shape index (κ2) is 17.9. The molecule has 0 fully saturated rings. The van der Waals surface area contributed by atoms with Crippen molar-refractivity contribution in [2.45, 2.75) is 57.3 Å². The Morgan fingerprint density at radius 2 is 1.56 bits per heavy atom. The van der Waals surface area contributed by atoms with Gasteiger partial charge in [-0.1, -0.05) is 74.0 Å². The van der Waals surface area contributed by atoms with Gasteiger partial charge in [-0.15, -0.1) is 0 Å². The highest BCUT2D eigenvalue weighted by atomic mass is 19.1. The number of rotatable bonds is 18. The van der Waals surface area contributed by atoms with Gasteiger partial charge in [0.2, 0.25) is 0 Å². The van der Waals surface area contributed by atoms with E-state index in [0.717, 1.165) is 67.3 Å². The third-order valence-corrected chi connectivity index (χ3v) is 10.9. The van der Waals surface area contributed by atoms with E-state index in [1.54, 1.807) is 26.4 Å². The van der Waals surface area contributed by atoms with Gasteiger partial charge in [0.25, 0.3) is 0 Å². The molecule has 1 heterocycles. The zero-order valence-electron chi connectivity index (χ0n) is 32.6. The van der Waals surface area contributed by atoms with Gasteiger partial charge in [-0.05, 0) is 88.4 Å². The highest BCUT2D eigenvalue weighted by molar-refractivity contribution is 6.11. The SMILES string of the molecule is CCC1(OCCOCCOC(=O)CCCCCO)c2ccccc2-c2c1c1c(c3cc(OC)c(OC)cc23)OC(c2ccc(F)cc2)C(c2ccc(CO)cc2)=C1. The van der Waals surface area contributed by atoms with Gasteiger partial charge in [-0.25, -0.2) is 4.39 Å². The zero-order valence-corrected chi connectivity index (χ0v) is 32.6. The van der Waals surface area contributed by atoms with Crippen LogP contribution in [-0.2, 0) is 31.2 Å². The van der Waals surface area contributed by atoms with Gasteiger partial charge in [-0.2, -0.15) is 0 Å². The molecule has 0 radical (unpaired) electrons. The van der Waals surface area contributed by atoms with Gasteiger partial charge >= 0.3 is 5.97 Å². The molecule has 0 spiro atoms. The molecule has 2 unspecified atom stereocenters. The van der Waals surface area contributed by atoms with Crippen LogP contribution in [-0.4, -0.2) is 63.4 Å². The molecule has 0 bridgehead atoms. The minimum absolute atomic E-state index is 0.0829. The molecule has 0 aromatic heterocycles. The number of methoxy groups -OCH3 is 2. The quantitative estimate of drug-likeness (QED) is 0.0666. The first-order valence-electron chi connectivity index (χ1n) is 19.6. The maximum absolute atomic E-state index is 14.3. The maximum Gasteiger partial charge on any atom is 0.305 e. The van der Waals surface area contributed by atoms with E-state index < -0.39 is 11.7 Å². The van der Waals surface area contributed by atoms with Crippen molar-refractivity contribution >= 4 is 28.4 Å². The topological polar surface area (TPSA) is 113 Å². The molecule has 10 heteroatoms. The molecule has 5 aromatic carbocycles. The van der Waals surface area contributed by atoms with Crippen LogP contribution in [0.25, 0.3) is 33.5 Å². The van der Waals surface area contributed by atoms with Gasteiger partial charge in [0.05, 0.1) is 40.6 Å². The minimum atomic E-state index is -0.907. The van der Waals surface area contributed by atoms with E-state index in [1.165, 1.54) is 12.1 Å². The summed E-state index contributed by atoms with van der Waals surface area (Å²) in [5.41, 5.74) is 7.28. The lowest BCUT2D eigenvalue weighted by Crippen LogP contribution is -2.31. The monoisotopic (exact) mass is 776 g/mol. The Bertz CT molecular complexity index is 2230. The maximum atomic E-state index is 14.3. The molecule has 298 valence electrons. The summed E-state index contributed by atoms with van der Waals surface area (Å²) >= 11 is 0. The number of halogens is 1. The van der Waals surface area contributed by atoms with Crippen LogP contribution < -0.4 is 14.2 Å². The number of benzene rings is 5. The first-order valence-corrected chi connectivity index (χ1v) is 19.6. The van der Waals surface area contributed by atoms with Crippen LogP contribution in [0.5, 0.6) is 17.2 Å². The van der Waals surface area contributed by atoms with Crippen molar-refractivity contribution in [3.05, 3.63) is 124 Å². The molecule has 5 aromatic rings. The average Bonchev–Trinajstić information content (AvgIpc) is 3.54. The number of ether oxygens (including phenoxy) is 6. The molecular formula is C47H49FO9. The second-order valence-corrected chi connectivity index (χ2v) is 14.2. The standard InChI is InChI=1S/C47H49FO9/c1-4-47(56-25-23-54-22-24-55-42(51)12-6-5-9-21-49)39-11-8-7-10-34(39)43-36-27-40(52-2)41(53-3)28-37(36)46-38(44(43)47)26-35(31-15-13-30(29-50)14-16-31)45(57-46)32-17-19-33(48)20-18-32/h7-8,10-11,13-20,26-28,45,49-50H,4-6,9,12,21-25,29H2,1-3H3. The number of carbonyl (C=O) groups is 1. The second-order valence-electron chi connectivity index (χ2n) is 14.2. The van der Waals surface area contributed by atoms with Gasteiger partial charge < -0.3 is 38.6 Å². The molecule has 0 saturated carbocycles. The van der Waals surface area contributed by atoms with Crippen molar-refractivity contribution in [2.24, 2.45) is 0 Å². The Morgan fingerprint density at radius 3 is 2.26 bits per heavy atom. The molecule has 2 aliphatic rings. The van der Waals surface area contributed by atoms with Gasteiger partial charge in [-0.3, -0.25) is 4.79 Å². The van der Waals surface area contributed by atoms with E-state index in [-0.39, 0.29) is 51.4 Å².